The minimum atomic E-state index is -2.08. The largest absolute Gasteiger partial charge is 2.00 e. The smallest absolute Gasteiger partial charge is 0.565 e. The molecule has 11 N–H and O–H groups in total. The zero-order valence-corrected chi connectivity index (χ0v) is 77.8. The average Bonchev–Trinajstić information content (AvgIpc) is 0.841. The molecule has 0 aromatic heterocycles. The van der Waals surface area contributed by atoms with Crippen molar-refractivity contribution in [3.63, 3.8) is 0 Å². The normalized spacial score (nSPS) is 8.48. The first-order valence-corrected chi connectivity index (χ1v) is 37.9. The first kappa shape index (κ1) is 133. The van der Waals surface area contributed by atoms with Crippen molar-refractivity contribution in [2.45, 2.75) is 0 Å². The van der Waals surface area contributed by atoms with Crippen molar-refractivity contribution in [3.8, 4) is 0 Å². The van der Waals surface area contributed by atoms with Crippen LogP contribution in [0.25, 0.3) is 0 Å². The van der Waals surface area contributed by atoms with Crippen LogP contribution in [0.1, 0.15) is 0 Å². The monoisotopic (exact) mass is 2270 g/mol. The molecule has 0 aliphatic heterocycles. The predicted molar refractivity (Wildman–Crippen MR) is 429 cm³/mol. The molecule has 0 unspecified atom stereocenters. The van der Waals surface area contributed by atoms with Gasteiger partial charge in [0.25, 0.3) is 0 Å². The SMILES string of the molecule is O=C([O-])O.O=C([O-])O.O=C([O-])O.O=C([O-])O.O=C([O-])O.O=C([O-])O.O=C([O-])O.O=C([O-])O.O=C([O-])O.O=C([O-])O.O=C([O-])O.[Na+].[Pd+2].[Pd+2].[Pd+2].[Pd+2].[Pd+2].c1ccc(P(c2ccccc2)c2ccccc2)cc1.c1ccc(P(c2ccccc2)c2ccccc2)cc1.c1ccc(P(c2ccccc2)c2ccccc2)cc1.c1ccc(P(c2ccccc2)c2ccccc2)cc1. The number of benzene rings is 12. The van der Waals surface area contributed by atoms with Gasteiger partial charge in [0.05, 0.1) is 0 Å². The molecular formula is C83H71NaO33P4Pd5. The van der Waals surface area contributed by atoms with E-state index in [0.29, 0.717) is 0 Å². The molecule has 0 atom stereocenters. The maximum absolute atomic E-state index is 8.44. The van der Waals surface area contributed by atoms with E-state index in [-0.39, 0.29) is 132 Å². The molecule has 0 aliphatic carbocycles. The predicted octanol–water partition coefficient (Wildman–Crippen LogP) is -1.46. The van der Waals surface area contributed by atoms with E-state index in [9.17, 15) is 0 Å². The van der Waals surface area contributed by atoms with Gasteiger partial charge in [-0.05, 0) is 95.3 Å². The van der Waals surface area contributed by atoms with Crippen LogP contribution in [0.3, 0.4) is 0 Å². The Labute approximate surface area is 816 Å². The molecule has 12 rings (SSSR count). The third-order valence-electron chi connectivity index (χ3n) is 12.2. The Kier molecular flexibility index (Phi) is 90.3. The van der Waals surface area contributed by atoms with Crippen LogP contribution in [-0.4, -0.2) is 124 Å². The van der Waals surface area contributed by atoms with E-state index in [0.717, 1.165) is 0 Å². The van der Waals surface area contributed by atoms with E-state index in [4.69, 9.17) is 165 Å². The molecule has 12 aromatic carbocycles. The summed E-state index contributed by atoms with van der Waals surface area (Å²) >= 11 is 0. The summed E-state index contributed by atoms with van der Waals surface area (Å²) < 4.78 is 0. The minimum absolute atomic E-state index is 0. The Bertz CT molecular complexity index is 3650. The molecule has 33 nitrogen and oxygen atoms in total. The molecule has 0 fully saturated rings. The summed E-state index contributed by atoms with van der Waals surface area (Å²) in [5, 5.41) is 185. The molecule has 0 saturated heterocycles. The van der Waals surface area contributed by atoms with E-state index >= 15 is 0 Å². The summed E-state index contributed by atoms with van der Waals surface area (Å²) in [7, 11) is -1.78. The van der Waals surface area contributed by atoms with Gasteiger partial charge >= 0.3 is 132 Å². The second-order valence-electron chi connectivity index (χ2n) is 20.3. The van der Waals surface area contributed by atoms with Crippen LogP contribution < -0.4 is 149 Å². The van der Waals surface area contributed by atoms with Crippen LogP contribution in [0, 0.1) is 0 Å². The fraction of sp³-hybridized carbons (Fsp3) is 0. The van der Waals surface area contributed by atoms with Gasteiger partial charge in [-0.25, -0.2) is 0 Å². The molecule has 0 spiro atoms. The Morgan fingerprint density at radius 3 is 0.214 bits per heavy atom. The van der Waals surface area contributed by atoms with E-state index in [1.165, 1.54) is 63.7 Å². The summed E-state index contributed by atoms with van der Waals surface area (Å²) in [6.45, 7) is 0. The van der Waals surface area contributed by atoms with Gasteiger partial charge in [-0.2, -0.15) is 0 Å². The Morgan fingerprint density at radius 2 is 0.175 bits per heavy atom. The second-order valence-corrected chi connectivity index (χ2v) is 29.2. The third-order valence-corrected chi connectivity index (χ3v) is 21.9. The summed E-state index contributed by atoms with van der Waals surface area (Å²) in [5.41, 5.74) is 0. The molecule has 0 bridgehead atoms. The quantitative estimate of drug-likeness (QED) is 0.0492. The van der Waals surface area contributed by atoms with Gasteiger partial charge in [-0.3, -0.25) is 0 Å². The average molecular weight is 2280 g/mol. The fourth-order valence-corrected chi connectivity index (χ4v) is 17.9. The number of hydrogen-bond acceptors (Lipinski definition) is 22. The molecule has 0 heterocycles. The van der Waals surface area contributed by atoms with Crippen molar-refractivity contribution in [3.05, 3.63) is 364 Å². The summed E-state index contributed by atoms with van der Waals surface area (Å²) in [6, 6.07) is 129. The van der Waals surface area contributed by atoms with E-state index < -0.39 is 99.4 Å². The number of carboxylic acid groups (broad SMARTS) is 22. The maximum Gasteiger partial charge on any atom is 2.00 e. The number of hydrogen-bond donors (Lipinski definition) is 11. The molecule has 0 amide bonds. The van der Waals surface area contributed by atoms with Crippen molar-refractivity contribution in [1.29, 1.82) is 0 Å². The topological polar surface area (TPSA) is 664 Å². The first-order chi connectivity index (χ1) is 56.9. The molecule has 0 radical (unpaired) electrons. The first-order valence-electron chi connectivity index (χ1n) is 32.6. The van der Waals surface area contributed by atoms with Crippen LogP contribution in [0.15, 0.2) is 364 Å². The second kappa shape index (κ2) is 85.8. The van der Waals surface area contributed by atoms with Crippen molar-refractivity contribution in [2.24, 2.45) is 0 Å². The van der Waals surface area contributed by atoms with Crippen molar-refractivity contribution in [2.75, 3.05) is 0 Å². The maximum atomic E-state index is 8.44. The molecular weight excluding hydrogens is 2200 g/mol. The van der Waals surface area contributed by atoms with Crippen LogP contribution in [0.5, 0.6) is 0 Å². The Morgan fingerprint density at radius 1 is 0.135 bits per heavy atom. The van der Waals surface area contributed by atoms with E-state index in [1.54, 1.807) is 0 Å². The number of carbonyl (C=O) groups is 11. The van der Waals surface area contributed by atoms with E-state index in [1.807, 2.05) is 0 Å². The van der Waals surface area contributed by atoms with Gasteiger partial charge in [-0.1, -0.05) is 364 Å². The van der Waals surface area contributed by atoms with Crippen LogP contribution >= 0.6 is 31.7 Å². The van der Waals surface area contributed by atoms with Crippen molar-refractivity contribution in [1.82, 2.24) is 0 Å². The molecule has 126 heavy (non-hydrogen) atoms. The molecule has 43 heteroatoms. The number of rotatable bonds is 12. The van der Waals surface area contributed by atoms with Gasteiger partial charge in [0, 0.05) is 0 Å². The van der Waals surface area contributed by atoms with Crippen LogP contribution in [-0.2, 0) is 102 Å². The van der Waals surface area contributed by atoms with Crippen molar-refractivity contribution < 1.29 is 297 Å². The van der Waals surface area contributed by atoms with Crippen LogP contribution in [0.2, 0.25) is 0 Å². The Balaban J connectivity index is -0.000000176. The molecule has 0 aliphatic rings. The van der Waals surface area contributed by atoms with Crippen LogP contribution in [0.4, 0.5) is 52.7 Å². The summed E-state index contributed by atoms with van der Waals surface area (Å²) in [5.74, 6) is 0. The minimum Gasteiger partial charge on any atom is -0.565 e. The molecule has 12 aromatic rings. The standard InChI is InChI=1S/4C18H15P.11CH2O3.Na.5Pd/c4*1-4-10-16(11-5-1)19(17-12-6-2-7-13-17)18-14-8-3-9-15-18;11*2-1(3)4;;;;;;/h4*1-15H;11*(H2,2,3,4);;;;;;/q;;;;;;;;;;;;;;;+1;5*+2/p-11. The summed E-state index contributed by atoms with van der Waals surface area (Å²) in [6.07, 6.45) is -22.9. The summed E-state index contributed by atoms with van der Waals surface area (Å²) in [4.78, 5) is 92.9. The van der Waals surface area contributed by atoms with Crippen molar-refractivity contribution >= 4 is 163 Å². The Hall–Kier alpha value is -11.4. The van der Waals surface area contributed by atoms with Gasteiger partial charge in [-0.15, -0.1) is 0 Å². The van der Waals surface area contributed by atoms with E-state index in [2.05, 4.69) is 364 Å². The zero-order valence-electron chi connectivity index (χ0n) is 64.4. The molecule has 0 saturated carbocycles. The van der Waals surface area contributed by atoms with Gasteiger partial charge in [0.1, 0.15) is 0 Å². The van der Waals surface area contributed by atoms with Gasteiger partial charge in [0.15, 0.2) is 0 Å². The fourth-order valence-electron chi connectivity index (χ4n) is 8.71. The zero-order chi connectivity index (χ0) is 91.0. The van der Waals surface area contributed by atoms with Gasteiger partial charge in [0.2, 0.25) is 67.7 Å². The third kappa shape index (κ3) is 79.8. The van der Waals surface area contributed by atoms with Gasteiger partial charge < -0.3 is 165 Å². The molecule has 672 valence electrons.